The van der Waals surface area contributed by atoms with Crippen molar-refractivity contribution < 1.29 is 14.6 Å². The first-order valence-electron chi connectivity index (χ1n) is 5.76. The van der Waals surface area contributed by atoms with Crippen LogP contribution in [-0.4, -0.2) is 47.9 Å². The summed E-state index contributed by atoms with van der Waals surface area (Å²) in [6.45, 7) is 3.11. The number of nitrogens with zero attached hydrogens (tertiary/aromatic N) is 1. The molecular formula is C12H18ClFN2O2. The lowest BCUT2D eigenvalue weighted by Crippen LogP contribution is -2.46. The van der Waals surface area contributed by atoms with E-state index in [1.54, 1.807) is 0 Å². The first kappa shape index (κ1) is 15.2. The third-order valence-electron chi connectivity index (χ3n) is 3.11. The van der Waals surface area contributed by atoms with Crippen molar-refractivity contribution in [3.8, 4) is 5.75 Å². The van der Waals surface area contributed by atoms with Gasteiger partial charge in [0.05, 0.1) is 12.6 Å². The lowest BCUT2D eigenvalue weighted by Gasteiger charge is -2.34. The van der Waals surface area contributed by atoms with Crippen LogP contribution in [0.4, 0.5) is 4.39 Å². The van der Waals surface area contributed by atoms with Crippen molar-refractivity contribution >= 4 is 12.4 Å². The van der Waals surface area contributed by atoms with Crippen LogP contribution in [0.15, 0.2) is 18.2 Å². The van der Waals surface area contributed by atoms with E-state index < -0.39 is 5.82 Å². The highest BCUT2D eigenvalue weighted by Gasteiger charge is 2.24. The van der Waals surface area contributed by atoms with E-state index in [0.717, 1.165) is 26.2 Å². The molecule has 3 N–H and O–H groups in total. The second-order valence-electron chi connectivity index (χ2n) is 4.19. The van der Waals surface area contributed by atoms with Gasteiger partial charge < -0.3 is 15.5 Å². The number of piperazine rings is 1. The Morgan fingerprint density at radius 3 is 2.61 bits per heavy atom. The summed E-state index contributed by atoms with van der Waals surface area (Å²) < 4.78 is 13.2. The quantitative estimate of drug-likeness (QED) is 0.768. The second-order valence-corrected chi connectivity index (χ2v) is 4.19. The molecule has 102 valence electrons. The van der Waals surface area contributed by atoms with Gasteiger partial charge in [-0.1, -0.05) is 0 Å². The average Bonchev–Trinajstić information content (AvgIpc) is 2.36. The van der Waals surface area contributed by atoms with Crippen LogP contribution in [0.1, 0.15) is 11.6 Å². The summed E-state index contributed by atoms with van der Waals surface area (Å²) in [4.78, 5) is 2.05. The van der Waals surface area contributed by atoms with Crippen LogP contribution in [-0.2, 0) is 0 Å². The molecule has 0 radical (unpaired) electrons. The van der Waals surface area contributed by atoms with Crippen molar-refractivity contribution in [2.45, 2.75) is 6.04 Å². The van der Waals surface area contributed by atoms with E-state index in [4.69, 9.17) is 0 Å². The van der Waals surface area contributed by atoms with Crippen molar-refractivity contribution in [1.82, 2.24) is 10.2 Å². The van der Waals surface area contributed by atoms with Gasteiger partial charge in [-0.2, -0.15) is 0 Å². The SMILES string of the molecule is Cl.OC[C@@H](c1cc(F)ccc1O)N1CCNCC1. The third-order valence-corrected chi connectivity index (χ3v) is 3.11. The molecule has 0 aromatic heterocycles. The van der Waals surface area contributed by atoms with Gasteiger partial charge in [-0.15, -0.1) is 12.4 Å². The summed E-state index contributed by atoms with van der Waals surface area (Å²) >= 11 is 0. The fourth-order valence-electron chi connectivity index (χ4n) is 2.20. The Morgan fingerprint density at radius 2 is 2.00 bits per heavy atom. The Balaban J connectivity index is 0.00000162. The van der Waals surface area contributed by atoms with Gasteiger partial charge in [0, 0.05) is 31.7 Å². The lowest BCUT2D eigenvalue weighted by molar-refractivity contribution is 0.109. The molecule has 1 atom stereocenters. The number of hydrogen-bond donors (Lipinski definition) is 3. The molecule has 1 fully saturated rings. The standard InChI is InChI=1S/C12H17FN2O2.ClH/c13-9-1-2-12(17)10(7-9)11(8-16)15-5-3-14-4-6-15;/h1-2,7,11,14,16-17H,3-6,8H2;1H/t11-;/m0./s1. The van der Waals surface area contributed by atoms with E-state index in [1.807, 2.05) is 4.90 Å². The molecule has 1 aliphatic heterocycles. The van der Waals surface area contributed by atoms with Crippen LogP contribution >= 0.6 is 12.4 Å². The largest absolute Gasteiger partial charge is 0.508 e. The van der Waals surface area contributed by atoms with Gasteiger partial charge in [-0.3, -0.25) is 4.90 Å². The van der Waals surface area contributed by atoms with E-state index >= 15 is 0 Å². The first-order valence-corrected chi connectivity index (χ1v) is 5.76. The van der Waals surface area contributed by atoms with Crippen LogP contribution in [0, 0.1) is 5.82 Å². The van der Waals surface area contributed by atoms with Crippen molar-refractivity contribution in [2.24, 2.45) is 0 Å². The maximum atomic E-state index is 13.2. The number of benzene rings is 1. The molecule has 0 unspecified atom stereocenters. The maximum absolute atomic E-state index is 13.2. The zero-order valence-electron chi connectivity index (χ0n) is 9.97. The van der Waals surface area contributed by atoms with Crippen molar-refractivity contribution in [1.29, 1.82) is 0 Å². The predicted octanol–water partition coefficient (Wildman–Crippen LogP) is 0.892. The molecule has 0 bridgehead atoms. The van der Waals surface area contributed by atoms with Crippen molar-refractivity contribution in [3.63, 3.8) is 0 Å². The number of aliphatic hydroxyl groups excluding tert-OH is 1. The molecule has 18 heavy (non-hydrogen) atoms. The molecule has 0 aliphatic carbocycles. The van der Waals surface area contributed by atoms with Crippen LogP contribution in [0.2, 0.25) is 0 Å². The summed E-state index contributed by atoms with van der Waals surface area (Å²) in [5, 5.41) is 22.4. The van der Waals surface area contributed by atoms with Gasteiger partial charge in [0.2, 0.25) is 0 Å². The van der Waals surface area contributed by atoms with Gasteiger partial charge in [-0.05, 0) is 18.2 Å². The normalized spacial score (nSPS) is 18.1. The van der Waals surface area contributed by atoms with Crippen molar-refractivity contribution in [3.05, 3.63) is 29.6 Å². The molecule has 6 heteroatoms. The molecule has 2 rings (SSSR count). The van der Waals surface area contributed by atoms with E-state index in [-0.39, 0.29) is 30.8 Å². The Morgan fingerprint density at radius 1 is 1.33 bits per heavy atom. The van der Waals surface area contributed by atoms with Gasteiger partial charge in [0.1, 0.15) is 11.6 Å². The summed E-state index contributed by atoms with van der Waals surface area (Å²) in [6.07, 6.45) is 0. The number of halogens is 2. The molecule has 0 saturated carbocycles. The minimum absolute atomic E-state index is 0. The maximum Gasteiger partial charge on any atom is 0.123 e. The number of rotatable bonds is 3. The Bertz CT molecular complexity index is 386. The highest BCUT2D eigenvalue weighted by atomic mass is 35.5. The number of aromatic hydroxyl groups is 1. The summed E-state index contributed by atoms with van der Waals surface area (Å²) in [5.74, 6) is -0.365. The second kappa shape index (κ2) is 6.89. The minimum Gasteiger partial charge on any atom is -0.508 e. The lowest BCUT2D eigenvalue weighted by atomic mass is 10.0. The number of nitrogens with one attached hydrogen (secondary N) is 1. The van der Waals surface area contributed by atoms with Gasteiger partial charge in [0.25, 0.3) is 0 Å². The minimum atomic E-state index is -0.397. The average molecular weight is 277 g/mol. The molecule has 4 nitrogen and oxygen atoms in total. The molecule has 0 amide bonds. The Labute approximate surface area is 112 Å². The van der Waals surface area contributed by atoms with E-state index in [2.05, 4.69) is 5.32 Å². The van der Waals surface area contributed by atoms with E-state index in [9.17, 15) is 14.6 Å². The monoisotopic (exact) mass is 276 g/mol. The topological polar surface area (TPSA) is 55.7 Å². The van der Waals surface area contributed by atoms with Crippen LogP contribution in [0.25, 0.3) is 0 Å². The van der Waals surface area contributed by atoms with Gasteiger partial charge >= 0.3 is 0 Å². The predicted molar refractivity (Wildman–Crippen MR) is 69.6 cm³/mol. The molecule has 1 aromatic rings. The highest BCUT2D eigenvalue weighted by Crippen LogP contribution is 2.29. The first-order chi connectivity index (χ1) is 8.22. The number of phenols is 1. The van der Waals surface area contributed by atoms with Gasteiger partial charge in [0.15, 0.2) is 0 Å². The Kier molecular flexibility index (Phi) is 5.81. The molecule has 0 spiro atoms. The number of aliphatic hydroxyl groups is 1. The number of phenolic OH excluding ortho intramolecular Hbond substituents is 1. The van der Waals surface area contributed by atoms with Crippen LogP contribution < -0.4 is 5.32 Å². The highest BCUT2D eigenvalue weighted by molar-refractivity contribution is 5.85. The third kappa shape index (κ3) is 3.32. The van der Waals surface area contributed by atoms with Crippen molar-refractivity contribution in [2.75, 3.05) is 32.8 Å². The zero-order valence-corrected chi connectivity index (χ0v) is 10.8. The van der Waals surface area contributed by atoms with E-state index in [1.165, 1.54) is 18.2 Å². The number of hydrogen-bond acceptors (Lipinski definition) is 4. The smallest absolute Gasteiger partial charge is 0.123 e. The van der Waals surface area contributed by atoms with Gasteiger partial charge in [-0.25, -0.2) is 4.39 Å². The molecule has 1 aliphatic rings. The Hall–Kier alpha value is -0.880. The van der Waals surface area contributed by atoms with Crippen LogP contribution in [0.3, 0.4) is 0 Å². The molecule has 1 saturated heterocycles. The molecule has 1 heterocycles. The zero-order chi connectivity index (χ0) is 12.3. The fraction of sp³-hybridized carbons (Fsp3) is 0.500. The summed E-state index contributed by atoms with van der Waals surface area (Å²) in [6, 6.07) is 3.49. The molecule has 1 aromatic carbocycles. The fourth-order valence-corrected chi connectivity index (χ4v) is 2.20. The summed E-state index contributed by atoms with van der Waals surface area (Å²) in [5.41, 5.74) is 0.453. The van der Waals surface area contributed by atoms with Crippen LogP contribution in [0.5, 0.6) is 5.75 Å². The summed E-state index contributed by atoms with van der Waals surface area (Å²) in [7, 11) is 0. The molecular weight excluding hydrogens is 259 g/mol. The van der Waals surface area contributed by atoms with E-state index in [0.29, 0.717) is 5.56 Å².